The van der Waals surface area contributed by atoms with Gasteiger partial charge in [-0.1, -0.05) is 23.2 Å². The van der Waals surface area contributed by atoms with Crippen LogP contribution in [0, 0.1) is 0 Å². The molecule has 0 unspecified atom stereocenters. The van der Waals surface area contributed by atoms with Crippen molar-refractivity contribution < 1.29 is 9.47 Å². The van der Waals surface area contributed by atoms with Crippen molar-refractivity contribution in [3.63, 3.8) is 0 Å². The summed E-state index contributed by atoms with van der Waals surface area (Å²) in [5.74, 6) is 0. The van der Waals surface area contributed by atoms with Crippen molar-refractivity contribution in [3.8, 4) is 0 Å². The zero-order valence-electron chi connectivity index (χ0n) is 10.3. The molecule has 0 saturated heterocycles. The van der Waals surface area contributed by atoms with Crippen LogP contribution in [0.4, 0.5) is 0 Å². The van der Waals surface area contributed by atoms with Gasteiger partial charge in [0.2, 0.25) is 0 Å². The molecular formula is C12H17Cl2NO2. The molecule has 0 atom stereocenters. The highest BCUT2D eigenvalue weighted by atomic mass is 35.5. The first-order valence-corrected chi connectivity index (χ1v) is 6.17. The van der Waals surface area contributed by atoms with Gasteiger partial charge < -0.3 is 9.47 Å². The van der Waals surface area contributed by atoms with Gasteiger partial charge in [-0.05, 0) is 32.9 Å². The summed E-state index contributed by atoms with van der Waals surface area (Å²) in [7, 11) is 0. The first-order chi connectivity index (χ1) is 7.88. The summed E-state index contributed by atoms with van der Waals surface area (Å²) in [5.41, 5.74) is 0.505. The Labute approximate surface area is 112 Å². The molecule has 0 amide bonds. The van der Waals surface area contributed by atoms with E-state index >= 15 is 0 Å². The van der Waals surface area contributed by atoms with E-state index < -0.39 is 0 Å². The number of ether oxygens (including phenoxy) is 2. The largest absolute Gasteiger partial charge is 0.373 e. The third-order valence-electron chi connectivity index (χ3n) is 1.89. The molecule has 0 aromatic carbocycles. The van der Waals surface area contributed by atoms with Crippen molar-refractivity contribution in [2.45, 2.75) is 33.0 Å². The van der Waals surface area contributed by atoms with Gasteiger partial charge in [-0.15, -0.1) is 0 Å². The molecule has 1 rings (SSSR count). The quantitative estimate of drug-likeness (QED) is 0.607. The van der Waals surface area contributed by atoms with Crippen LogP contribution >= 0.6 is 23.2 Å². The summed E-state index contributed by atoms with van der Waals surface area (Å²) in [4.78, 5) is 4.09. The average Bonchev–Trinajstić information content (AvgIpc) is 2.21. The topological polar surface area (TPSA) is 31.4 Å². The lowest BCUT2D eigenvalue weighted by molar-refractivity contribution is -0.0380. The highest BCUT2D eigenvalue weighted by Crippen LogP contribution is 2.17. The summed E-state index contributed by atoms with van der Waals surface area (Å²) in [5, 5.41) is 0.977. The summed E-state index contributed by atoms with van der Waals surface area (Å²) in [6, 6.07) is 3.36. The van der Waals surface area contributed by atoms with E-state index in [0.717, 1.165) is 0 Å². The molecule has 5 heteroatoms. The highest BCUT2D eigenvalue weighted by molar-refractivity contribution is 6.32. The standard InChI is InChI=1S/C12H17Cl2NO2/c1-12(2,3)17-7-6-16-8-10-9(13)4-5-11(14)15-10/h4-5H,6-8H2,1-3H3. The van der Waals surface area contributed by atoms with Crippen molar-refractivity contribution in [2.75, 3.05) is 13.2 Å². The monoisotopic (exact) mass is 277 g/mol. The fraction of sp³-hybridized carbons (Fsp3) is 0.583. The van der Waals surface area contributed by atoms with Crippen LogP contribution in [0.1, 0.15) is 26.5 Å². The van der Waals surface area contributed by atoms with Gasteiger partial charge in [0.1, 0.15) is 5.15 Å². The van der Waals surface area contributed by atoms with Gasteiger partial charge in [0, 0.05) is 0 Å². The van der Waals surface area contributed by atoms with Crippen LogP contribution in [0.3, 0.4) is 0 Å². The van der Waals surface area contributed by atoms with Gasteiger partial charge in [-0.25, -0.2) is 4.98 Å². The highest BCUT2D eigenvalue weighted by Gasteiger charge is 2.09. The smallest absolute Gasteiger partial charge is 0.129 e. The Morgan fingerprint density at radius 1 is 1.18 bits per heavy atom. The lowest BCUT2D eigenvalue weighted by Crippen LogP contribution is -2.21. The molecule has 17 heavy (non-hydrogen) atoms. The molecule has 3 nitrogen and oxygen atoms in total. The number of hydrogen-bond donors (Lipinski definition) is 0. The van der Waals surface area contributed by atoms with E-state index in [1.807, 2.05) is 20.8 Å². The second-order valence-corrected chi connectivity index (χ2v) is 5.37. The number of rotatable bonds is 5. The predicted octanol–water partition coefficient (Wildman–Crippen LogP) is 3.72. The molecule has 96 valence electrons. The minimum absolute atomic E-state index is 0.144. The molecule has 0 bridgehead atoms. The van der Waals surface area contributed by atoms with Gasteiger partial charge in [0.15, 0.2) is 0 Å². The van der Waals surface area contributed by atoms with Gasteiger partial charge in [0.25, 0.3) is 0 Å². The summed E-state index contributed by atoms with van der Waals surface area (Å²) in [6.07, 6.45) is 0. The van der Waals surface area contributed by atoms with Crippen molar-refractivity contribution >= 4 is 23.2 Å². The Morgan fingerprint density at radius 3 is 2.53 bits per heavy atom. The number of halogens is 2. The molecule has 0 aliphatic carbocycles. The van der Waals surface area contributed by atoms with E-state index in [9.17, 15) is 0 Å². The van der Waals surface area contributed by atoms with Crippen LogP contribution < -0.4 is 0 Å². The minimum atomic E-state index is -0.144. The van der Waals surface area contributed by atoms with Crippen molar-refractivity contribution in [1.82, 2.24) is 4.98 Å². The zero-order chi connectivity index (χ0) is 12.9. The maximum absolute atomic E-state index is 5.95. The molecule has 0 saturated carbocycles. The van der Waals surface area contributed by atoms with Crippen molar-refractivity contribution in [2.24, 2.45) is 0 Å². The second-order valence-electron chi connectivity index (χ2n) is 4.58. The van der Waals surface area contributed by atoms with Crippen LogP contribution in [-0.2, 0) is 16.1 Å². The lowest BCUT2D eigenvalue weighted by Gasteiger charge is -2.19. The van der Waals surface area contributed by atoms with E-state index in [1.165, 1.54) is 0 Å². The molecule has 0 aliphatic heterocycles. The normalized spacial score (nSPS) is 11.8. The fourth-order valence-electron chi connectivity index (χ4n) is 1.13. The van der Waals surface area contributed by atoms with E-state index in [0.29, 0.717) is 35.7 Å². The van der Waals surface area contributed by atoms with Crippen molar-refractivity contribution in [3.05, 3.63) is 28.0 Å². The Morgan fingerprint density at radius 2 is 1.88 bits per heavy atom. The van der Waals surface area contributed by atoms with Gasteiger partial charge in [-0.3, -0.25) is 0 Å². The number of aromatic nitrogens is 1. The van der Waals surface area contributed by atoms with E-state index in [4.69, 9.17) is 32.7 Å². The third kappa shape index (κ3) is 6.22. The van der Waals surface area contributed by atoms with Crippen LogP contribution in [0.25, 0.3) is 0 Å². The molecule has 0 radical (unpaired) electrons. The van der Waals surface area contributed by atoms with Crippen molar-refractivity contribution in [1.29, 1.82) is 0 Å². The van der Waals surface area contributed by atoms with Crippen LogP contribution in [-0.4, -0.2) is 23.8 Å². The molecule has 0 aliphatic rings. The lowest BCUT2D eigenvalue weighted by atomic mass is 10.2. The Hall–Kier alpha value is -0.350. The summed E-state index contributed by atoms with van der Waals surface area (Å²) < 4.78 is 10.9. The molecule has 0 spiro atoms. The Balaban J connectivity index is 2.29. The number of nitrogens with zero attached hydrogens (tertiary/aromatic N) is 1. The number of pyridine rings is 1. The Kier molecular flexibility index (Phi) is 5.67. The minimum Gasteiger partial charge on any atom is -0.373 e. The average molecular weight is 278 g/mol. The SMILES string of the molecule is CC(C)(C)OCCOCc1nc(Cl)ccc1Cl. The van der Waals surface area contributed by atoms with Crippen LogP contribution in [0.15, 0.2) is 12.1 Å². The maximum atomic E-state index is 5.95. The fourth-order valence-corrected chi connectivity index (χ4v) is 1.46. The molecule has 1 aromatic rings. The molecule has 0 fully saturated rings. The summed E-state index contributed by atoms with van der Waals surface area (Å²) >= 11 is 11.7. The van der Waals surface area contributed by atoms with Gasteiger partial charge >= 0.3 is 0 Å². The van der Waals surface area contributed by atoms with E-state index in [-0.39, 0.29) is 5.60 Å². The predicted molar refractivity (Wildman–Crippen MR) is 69.6 cm³/mol. The molecule has 1 aromatic heterocycles. The van der Waals surface area contributed by atoms with E-state index in [2.05, 4.69) is 4.98 Å². The van der Waals surface area contributed by atoms with Crippen LogP contribution in [0.2, 0.25) is 10.2 Å². The van der Waals surface area contributed by atoms with Gasteiger partial charge in [0.05, 0.1) is 36.1 Å². The van der Waals surface area contributed by atoms with Gasteiger partial charge in [-0.2, -0.15) is 0 Å². The summed E-state index contributed by atoms with van der Waals surface area (Å²) in [6.45, 7) is 7.39. The second kappa shape index (κ2) is 6.55. The maximum Gasteiger partial charge on any atom is 0.129 e. The first-order valence-electron chi connectivity index (χ1n) is 5.41. The zero-order valence-corrected chi connectivity index (χ0v) is 11.8. The first kappa shape index (κ1) is 14.7. The molecular weight excluding hydrogens is 261 g/mol. The van der Waals surface area contributed by atoms with Crippen LogP contribution in [0.5, 0.6) is 0 Å². The molecule has 0 N–H and O–H groups in total. The third-order valence-corrected chi connectivity index (χ3v) is 2.44. The Bertz CT molecular complexity index is 364. The number of hydrogen-bond acceptors (Lipinski definition) is 3. The van der Waals surface area contributed by atoms with E-state index in [1.54, 1.807) is 12.1 Å². The molecule has 1 heterocycles.